The third kappa shape index (κ3) is 3.56. The summed E-state index contributed by atoms with van der Waals surface area (Å²) >= 11 is 1.80. The summed E-state index contributed by atoms with van der Waals surface area (Å²) in [6.45, 7) is 4.71. The zero-order valence-electron chi connectivity index (χ0n) is 12.0. The average Bonchev–Trinajstić information content (AvgIpc) is 2.49. The van der Waals surface area contributed by atoms with Crippen LogP contribution in [0.5, 0.6) is 5.75 Å². The van der Waals surface area contributed by atoms with Gasteiger partial charge in [-0.05, 0) is 30.4 Å². The molecule has 0 bridgehead atoms. The van der Waals surface area contributed by atoms with Gasteiger partial charge in [0, 0.05) is 17.0 Å². The number of hydrogen-bond donors (Lipinski definition) is 1. The van der Waals surface area contributed by atoms with Crippen LogP contribution in [0.1, 0.15) is 31.1 Å². The zero-order valence-corrected chi connectivity index (χ0v) is 12.8. The van der Waals surface area contributed by atoms with Crippen LogP contribution in [0, 0.1) is 0 Å². The lowest BCUT2D eigenvalue weighted by Crippen LogP contribution is -2.07. The molecule has 2 aromatic carbocycles. The summed E-state index contributed by atoms with van der Waals surface area (Å²) in [5.41, 5.74) is 8.17. The molecule has 20 heavy (non-hydrogen) atoms. The molecule has 3 heteroatoms. The third-order valence-electron chi connectivity index (χ3n) is 3.17. The van der Waals surface area contributed by atoms with Crippen molar-refractivity contribution in [2.45, 2.75) is 31.4 Å². The first-order valence-electron chi connectivity index (χ1n) is 6.92. The molecule has 2 aromatic rings. The fourth-order valence-corrected chi connectivity index (χ4v) is 2.97. The van der Waals surface area contributed by atoms with Gasteiger partial charge in [0.25, 0.3) is 0 Å². The van der Waals surface area contributed by atoms with Gasteiger partial charge in [-0.15, -0.1) is 11.8 Å². The topological polar surface area (TPSA) is 35.2 Å². The van der Waals surface area contributed by atoms with Gasteiger partial charge >= 0.3 is 0 Å². The second-order valence-corrected chi connectivity index (χ2v) is 5.85. The minimum Gasteiger partial charge on any atom is -0.486 e. The Morgan fingerprint density at radius 1 is 1.10 bits per heavy atom. The monoisotopic (exact) mass is 287 g/mol. The van der Waals surface area contributed by atoms with Crippen molar-refractivity contribution >= 4 is 11.8 Å². The lowest BCUT2D eigenvalue weighted by molar-refractivity contribution is 0.224. The fourth-order valence-electron chi connectivity index (χ4n) is 2.13. The van der Waals surface area contributed by atoms with Crippen molar-refractivity contribution in [2.24, 2.45) is 5.73 Å². The van der Waals surface area contributed by atoms with E-state index < -0.39 is 0 Å². The molecule has 2 N–H and O–H groups in total. The number of ether oxygens (including phenoxy) is 1. The molecule has 0 saturated heterocycles. The van der Waals surface area contributed by atoms with Crippen molar-refractivity contribution in [1.29, 1.82) is 0 Å². The van der Waals surface area contributed by atoms with Gasteiger partial charge in [-0.1, -0.05) is 43.3 Å². The third-order valence-corrected chi connectivity index (χ3v) is 4.15. The van der Waals surface area contributed by atoms with E-state index >= 15 is 0 Å². The number of benzene rings is 2. The maximum Gasteiger partial charge on any atom is 0.125 e. The smallest absolute Gasteiger partial charge is 0.125 e. The Hall–Kier alpha value is -1.45. The molecule has 0 aliphatic carbocycles. The van der Waals surface area contributed by atoms with Gasteiger partial charge in [-0.25, -0.2) is 0 Å². The van der Waals surface area contributed by atoms with Crippen LogP contribution in [0.4, 0.5) is 0 Å². The summed E-state index contributed by atoms with van der Waals surface area (Å²) in [5.74, 6) is 1.92. The SMILES string of the molecule is CCSc1cccc(OC(C)c2ccccc2)c1CN. The minimum absolute atomic E-state index is 0.0170. The fraction of sp³-hybridized carbons (Fsp3) is 0.294. The minimum atomic E-state index is 0.0170. The summed E-state index contributed by atoms with van der Waals surface area (Å²) < 4.78 is 6.12. The standard InChI is InChI=1S/C17H21NOS/c1-3-20-17-11-7-10-16(15(17)12-18)19-13(2)14-8-5-4-6-9-14/h4-11,13H,3,12,18H2,1-2H3. The second kappa shape index (κ2) is 7.36. The summed E-state index contributed by atoms with van der Waals surface area (Å²) in [6.07, 6.45) is 0.0170. The molecule has 0 amide bonds. The van der Waals surface area contributed by atoms with Crippen molar-refractivity contribution in [1.82, 2.24) is 0 Å². The number of rotatable bonds is 6. The normalized spacial score (nSPS) is 12.2. The van der Waals surface area contributed by atoms with Crippen LogP contribution >= 0.6 is 11.8 Å². The number of thioether (sulfide) groups is 1. The molecule has 0 saturated carbocycles. The Bertz CT molecular complexity index is 542. The van der Waals surface area contributed by atoms with Gasteiger partial charge < -0.3 is 10.5 Å². The average molecular weight is 287 g/mol. The number of hydrogen-bond acceptors (Lipinski definition) is 3. The van der Waals surface area contributed by atoms with Gasteiger partial charge in [0.2, 0.25) is 0 Å². The first-order chi connectivity index (χ1) is 9.76. The maximum absolute atomic E-state index is 6.12. The molecule has 0 radical (unpaired) electrons. The molecule has 0 aliphatic heterocycles. The van der Waals surface area contributed by atoms with Crippen molar-refractivity contribution in [2.75, 3.05) is 5.75 Å². The molecule has 2 rings (SSSR count). The quantitative estimate of drug-likeness (QED) is 0.800. The molecule has 106 valence electrons. The molecule has 0 heterocycles. The molecular weight excluding hydrogens is 266 g/mol. The maximum atomic E-state index is 6.12. The van der Waals surface area contributed by atoms with E-state index in [4.69, 9.17) is 10.5 Å². The summed E-state index contributed by atoms with van der Waals surface area (Å²) in [6, 6.07) is 16.4. The highest BCUT2D eigenvalue weighted by Crippen LogP contribution is 2.32. The van der Waals surface area contributed by atoms with Gasteiger partial charge in [-0.3, -0.25) is 0 Å². The van der Waals surface area contributed by atoms with E-state index in [-0.39, 0.29) is 6.10 Å². The Balaban J connectivity index is 2.22. The molecule has 0 spiro atoms. The van der Waals surface area contributed by atoms with E-state index in [0.717, 1.165) is 17.1 Å². The summed E-state index contributed by atoms with van der Waals surface area (Å²) in [7, 11) is 0. The van der Waals surface area contributed by atoms with E-state index in [0.29, 0.717) is 6.54 Å². The molecule has 1 unspecified atom stereocenters. The Labute approximate surface area is 125 Å². The molecule has 0 aromatic heterocycles. The molecule has 1 atom stereocenters. The van der Waals surface area contributed by atoms with E-state index in [1.807, 2.05) is 30.3 Å². The Morgan fingerprint density at radius 3 is 2.50 bits per heavy atom. The lowest BCUT2D eigenvalue weighted by Gasteiger charge is -2.19. The Morgan fingerprint density at radius 2 is 1.85 bits per heavy atom. The van der Waals surface area contributed by atoms with Crippen LogP contribution < -0.4 is 10.5 Å². The second-order valence-electron chi connectivity index (χ2n) is 4.54. The van der Waals surface area contributed by atoms with Crippen LogP contribution in [0.25, 0.3) is 0 Å². The predicted octanol–water partition coefficient (Wildman–Crippen LogP) is 4.40. The van der Waals surface area contributed by atoms with Gasteiger partial charge in [0.05, 0.1) is 0 Å². The van der Waals surface area contributed by atoms with Crippen LogP contribution in [-0.4, -0.2) is 5.75 Å². The first kappa shape index (κ1) is 14.9. The van der Waals surface area contributed by atoms with Crippen molar-refractivity contribution in [3.8, 4) is 5.75 Å². The molecular formula is C17H21NOS. The van der Waals surface area contributed by atoms with E-state index in [2.05, 4.69) is 32.0 Å². The van der Waals surface area contributed by atoms with E-state index in [1.165, 1.54) is 10.5 Å². The van der Waals surface area contributed by atoms with Crippen molar-refractivity contribution < 1.29 is 4.74 Å². The highest BCUT2D eigenvalue weighted by Gasteiger charge is 2.12. The van der Waals surface area contributed by atoms with E-state index in [1.54, 1.807) is 11.8 Å². The molecule has 0 fully saturated rings. The van der Waals surface area contributed by atoms with Crippen LogP contribution in [-0.2, 0) is 6.54 Å². The number of nitrogens with two attached hydrogens (primary N) is 1. The first-order valence-corrected chi connectivity index (χ1v) is 7.91. The zero-order chi connectivity index (χ0) is 14.4. The highest BCUT2D eigenvalue weighted by atomic mass is 32.2. The van der Waals surface area contributed by atoms with Crippen LogP contribution in [0.15, 0.2) is 53.4 Å². The highest BCUT2D eigenvalue weighted by molar-refractivity contribution is 7.99. The van der Waals surface area contributed by atoms with E-state index in [9.17, 15) is 0 Å². The lowest BCUT2D eigenvalue weighted by atomic mass is 10.1. The van der Waals surface area contributed by atoms with Crippen LogP contribution in [0.3, 0.4) is 0 Å². The van der Waals surface area contributed by atoms with Crippen molar-refractivity contribution in [3.63, 3.8) is 0 Å². The summed E-state index contributed by atoms with van der Waals surface area (Å²) in [5, 5.41) is 0. The van der Waals surface area contributed by atoms with Gasteiger partial charge in [0.1, 0.15) is 11.9 Å². The van der Waals surface area contributed by atoms with Crippen LogP contribution in [0.2, 0.25) is 0 Å². The molecule has 2 nitrogen and oxygen atoms in total. The van der Waals surface area contributed by atoms with Crippen molar-refractivity contribution in [3.05, 3.63) is 59.7 Å². The molecule has 0 aliphatic rings. The van der Waals surface area contributed by atoms with Gasteiger partial charge in [0.15, 0.2) is 0 Å². The summed E-state index contributed by atoms with van der Waals surface area (Å²) in [4.78, 5) is 1.22. The Kier molecular flexibility index (Phi) is 5.50. The van der Waals surface area contributed by atoms with Gasteiger partial charge in [-0.2, -0.15) is 0 Å². The largest absolute Gasteiger partial charge is 0.486 e. The predicted molar refractivity (Wildman–Crippen MR) is 86.2 cm³/mol.